The number of rotatable bonds is 0. The molecule has 0 nitrogen and oxygen atoms in total. The van der Waals surface area contributed by atoms with Gasteiger partial charge in [-0.2, -0.15) is 0 Å². The Morgan fingerprint density at radius 3 is 1.25 bits per heavy atom. The zero-order valence-corrected chi connectivity index (χ0v) is 8.77. The molecule has 0 radical (unpaired) electrons. The first kappa shape index (κ1) is 10.1. The lowest BCUT2D eigenvalue weighted by atomic mass is 10.2. The summed E-state index contributed by atoms with van der Waals surface area (Å²) in [5.41, 5.74) is 1.98. The quantitative estimate of drug-likeness (QED) is 0.456. The van der Waals surface area contributed by atoms with Gasteiger partial charge in [-0.25, -0.2) is 0 Å². The Labute approximate surface area is 95.9 Å². The molecular formula is C16H10. The molecule has 2 rings (SSSR count). The predicted molar refractivity (Wildman–Crippen MR) is 66.6 cm³/mol. The van der Waals surface area contributed by atoms with Gasteiger partial charge in [-0.15, -0.1) is 0 Å². The van der Waals surface area contributed by atoms with Crippen LogP contribution in [0.5, 0.6) is 0 Å². The molecule has 2 aromatic carbocycles. The van der Waals surface area contributed by atoms with Crippen LogP contribution in [0.3, 0.4) is 0 Å². The minimum absolute atomic E-state index is 0.991. The van der Waals surface area contributed by atoms with Crippen LogP contribution in [0.25, 0.3) is 0 Å². The summed E-state index contributed by atoms with van der Waals surface area (Å²) in [6.07, 6.45) is 0. The van der Waals surface area contributed by atoms with Crippen molar-refractivity contribution in [1.29, 1.82) is 0 Å². The first-order valence-corrected chi connectivity index (χ1v) is 5.07. The molecule has 0 N–H and O–H groups in total. The first-order chi connectivity index (χ1) is 7.95. The highest BCUT2D eigenvalue weighted by Gasteiger charge is 1.80. The predicted octanol–water partition coefficient (Wildman–Crippen LogP) is 3.09. The van der Waals surface area contributed by atoms with Crippen molar-refractivity contribution in [3.8, 4) is 23.7 Å². The van der Waals surface area contributed by atoms with Crippen molar-refractivity contribution in [3.63, 3.8) is 0 Å². The van der Waals surface area contributed by atoms with E-state index in [0.29, 0.717) is 0 Å². The van der Waals surface area contributed by atoms with Gasteiger partial charge in [0.1, 0.15) is 0 Å². The minimum atomic E-state index is 0.991. The van der Waals surface area contributed by atoms with Gasteiger partial charge in [0.15, 0.2) is 0 Å². The zero-order chi connectivity index (χ0) is 11.1. The number of benzene rings is 2. The van der Waals surface area contributed by atoms with Crippen molar-refractivity contribution in [2.75, 3.05) is 0 Å². The molecule has 0 bridgehead atoms. The topological polar surface area (TPSA) is 0 Å². The number of hydrogen-bond donors (Lipinski definition) is 0. The summed E-state index contributed by atoms with van der Waals surface area (Å²) in [4.78, 5) is 0. The smallest absolute Gasteiger partial charge is 0.0255 e. The van der Waals surface area contributed by atoms with Crippen LogP contribution in [-0.2, 0) is 0 Å². The molecule has 0 aliphatic heterocycles. The molecule has 0 fully saturated rings. The van der Waals surface area contributed by atoms with Crippen LogP contribution in [0.4, 0.5) is 0 Å². The Morgan fingerprint density at radius 1 is 0.500 bits per heavy atom. The van der Waals surface area contributed by atoms with Crippen molar-refractivity contribution >= 4 is 0 Å². The third-order valence-corrected chi connectivity index (χ3v) is 2.02. The molecule has 0 aliphatic carbocycles. The number of hydrogen-bond acceptors (Lipinski definition) is 0. The van der Waals surface area contributed by atoms with Crippen molar-refractivity contribution in [2.24, 2.45) is 0 Å². The Bertz CT molecular complexity index is 502. The van der Waals surface area contributed by atoms with Gasteiger partial charge in [0.25, 0.3) is 0 Å². The molecule has 0 amide bonds. The van der Waals surface area contributed by atoms with E-state index in [-0.39, 0.29) is 0 Å². The fourth-order valence-electron chi connectivity index (χ4n) is 1.25. The average Bonchev–Trinajstić information content (AvgIpc) is 2.37. The van der Waals surface area contributed by atoms with Crippen LogP contribution < -0.4 is 0 Å². The van der Waals surface area contributed by atoms with Gasteiger partial charge in [-0.05, 0) is 36.1 Å². The fourth-order valence-corrected chi connectivity index (χ4v) is 1.25. The highest BCUT2D eigenvalue weighted by atomic mass is 14.0. The second-order valence-corrected chi connectivity index (χ2v) is 3.23. The van der Waals surface area contributed by atoms with Crippen LogP contribution in [0.15, 0.2) is 60.7 Å². The zero-order valence-electron chi connectivity index (χ0n) is 8.77. The summed E-state index contributed by atoms with van der Waals surface area (Å²) < 4.78 is 0. The van der Waals surface area contributed by atoms with E-state index >= 15 is 0 Å². The lowest BCUT2D eigenvalue weighted by Crippen LogP contribution is -1.71. The highest BCUT2D eigenvalue weighted by molar-refractivity contribution is 5.43. The average molecular weight is 203 g/mol. The standard InChI is InChI=1S/C16H10/c1-3-9-15(10-4-1)13-7-8-14-16-11-5-2-6-12-16/h1-6,9-12H/i7+1. The van der Waals surface area contributed by atoms with Crippen LogP contribution in [0, 0.1) is 23.7 Å². The maximum absolute atomic E-state index is 2.99. The van der Waals surface area contributed by atoms with Gasteiger partial charge < -0.3 is 0 Å². The van der Waals surface area contributed by atoms with Crippen LogP contribution >= 0.6 is 0 Å². The van der Waals surface area contributed by atoms with E-state index in [1.807, 2.05) is 60.7 Å². The van der Waals surface area contributed by atoms with E-state index in [4.69, 9.17) is 0 Å². The monoisotopic (exact) mass is 203 g/mol. The first-order valence-electron chi connectivity index (χ1n) is 5.07. The molecule has 0 heteroatoms. The van der Waals surface area contributed by atoms with Crippen molar-refractivity contribution in [2.45, 2.75) is 0 Å². The summed E-state index contributed by atoms with van der Waals surface area (Å²) in [6, 6.07) is 19.7. The van der Waals surface area contributed by atoms with Gasteiger partial charge >= 0.3 is 0 Å². The van der Waals surface area contributed by atoms with Crippen LogP contribution in [0.2, 0.25) is 0 Å². The van der Waals surface area contributed by atoms with E-state index in [1.165, 1.54) is 0 Å². The van der Waals surface area contributed by atoms with Gasteiger partial charge in [-0.3, -0.25) is 0 Å². The molecule has 0 aromatic heterocycles. The van der Waals surface area contributed by atoms with Crippen LogP contribution in [-0.4, -0.2) is 0 Å². The summed E-state index contributed by atoms with van der Waals surface area (Å²) >= 11 is 0. The van der Waals surface area contributed by atoms with Crippen LogP contribution in [0.1, 0.15) is 11.1 Å². The lowest BCUT2D eigenvalue weighted by Gasteiger charge is -1.84. The Morgan fingerprint density at radius 2 is 0.875 bits per heavy atom. The summed E-state index contributed by atoms with van der Waals surface area (Å²) in [5.74, 6) is 11.7. The molecule has 0 saturated carbocycles. The molecule has 0 atom stereocenters. The summed E-state index contributed by atoms with van der Waals surface area (Å²) in [5, 5.41) is 0. The third-order valence-electron chi connectivity index (χ3n) is 2.02. The molecule has 0 heterocycles. The van der Waals surface area contributed by atoms with Gasteiger partial charge in [0.05, 0.1) is 0 Å². The van der Waals surface area contributed by atoms with Crippen molar-refractivity contribution in [1.82, 2.24) is 0 Å². The maximum Gasteiger partial charge on any atom is 0.0255 e. The molecule has 74 valence electrons. The third kappa shape index (κ3) is 3.05. The fraction of sp³-hybridized carbons (Fsp3) is 0. The van der Waals surface area contributed by atoms with E-state index in [2.05, 4.69) is 23.7 Å². The van der Waals surface area contributed by atoms with E-state index in [1.54, 1.807) is 0 Å². The van der Waals surface area contributed by atoms with E-state index < -0.39 is 0 Å². The molecule has 0 saturated heterocycles. The maximum atomic E-state index is 2.99. The molecule has 0 aliphatic rings. The molecular weight excluding hydrogens is 193 g/mol. The van der Waals surface area contributed by atoms with Gasteiger partial charge in [0, 0.05) is 11.1 Å². The van der Waals surface area contributed by atoms with Gasteiger partial charge in [0.2, 0.25) is 0 Å². The molecule has 16 heavy (non-hydrogen) atoms. The second kappa shape index (κ2) is 5.44. The largest absolute Gasteiger partial charge is 0.0622 e. The molecule has 2 aromatic rings. The summed E-state index contributed by atoms with van der Waals surface area (Å²) in [6.45, 7) is 0. The van der Waals surface area contributed by atoms with Crippen molar-refractivity contribution in [3.05, 3.63) is 71.8 Å². The normalized spacial score (nSPS) is 8.25. The van der Waals surface area contributed by atoms with Gasteiger partial charge in [-0.1, -0.05) is 48.2 Å². The Hall–Kier alpha value is -2.44. The van der Waals surface area contributed by atoms with E-state index in [9.17, 15) is 0 Å². The lowest BCUT2D eigenvalue weighted by molar-refractivity contribution is 1.65. The minimum Gasteiger partial charge on any atom is -0.0622 e. The highest BCUT2D eigenvalue weighted by Crippen LogP contribution is 1.95. The summed E-state index contributed by atoms with van der Waals surface area (Å²) in [7, 11) is 0. The molecule has 0 spiro atoms. The van der Waals surface area contributed by atoms with E-state index in [0.717, 1.165) is 11.1 Å². The molecule has 0 unspecified atom stereocenters. The Kier molecular flexibility index (Phi) is 3.43. The Balaban J connectivity index is 2.09. The van der Waals surface area contributed by atoms with Crippen molar-refractivity contribution < 1.29 is 0 Å². The second-order valence-electron chi connectivity index (χ2n) is 3.23. The SMILES string of the molecule is C(#Cc1ccccc1)[13C]#Cc1ccccc1.